The van der Waals surface area contributed by atoms with E-state index in [1.165, 1.54) is 0 Å². The molecule has 0 amide bonds. The molecule has 0 aromatic heterocycles. The van der Waals surface area contributed by atoms with Gasteiger partial charge in [0.05, 0.1) is 6.42 Å². The van der Waals surface area contributed by atoms with E-state index < -0.39 is 0 Å². The van der Waals surface area contributed by atoms with E-state index in [2.05, 4.69) is 13.8 Å². The summed E-state index contributed by atoms with van der Waals surface area (Å²) in [5, 5.41) is 0.574. The molecule has 0 rings (SSSR count). The first kappa shape index (κ1) is 13.8. The third kappa shape index (κ3) is 8.38. The Bertz CT molecular complexity index is 172. The first-order chi connectivity index (χ1) is 6.41. The zero-order chi connectivity index (χ0) is 11.1. The second-order valence-corrected chi connectivity index (χ2v) is 5.47. The van der Waals surface area contributed by atoms with Gasteiger partial charge in [-0.05, 0) is 19.1 Å². The van der Waals surface area contributed by atoms with Crippen molar-refractivity contribution < 1.29 is 9.53 Å². The molecule has 4 heteroatoms. The molecule has 0 fully saturated rings. The fourth-order valence-electron chi connectivity index (χ4n) is 0.897. The quantitative estimate of drug-likeness (QED) is 0.692. The summed E-state index contributed by atoms with van der Waals surface area (Å²) in [6, 6.07) is -0.118. The van der Waals surface area contributed by atoms with Crippen molar-refractivity contribution in [3.8, 4) is 0 Å². The van der Waals surface area contributed by atoms with Crippen LogP contribution in [0.15, 0.2) is 0 Å². The number of nitrogens with two attached hydrogens (primary N) is 1. The summed E-state index contributed by atoms with van der Waals surface area (Å²) >= 11 is 1.79. The standard InChI is InChI=1S/C10H21NO2S/c1-7(2)14-6-9(4)13-10(12)5-8(3)11/h7-9H,5-6,11H2,1-4H3. The van der Waals surface area contributed by atoms with Gasteiger partial charge in [0.2, 0.25) is 0 Å². The van der Waals surface area contributed by atoms with Gasteiger partial charge in [0.1, 0.15) is 6.10 Å². The summed E-state index contributed by atoms with van der Waals surface area (Å²) < 4.78 is 5.17. The molecule has 2 unspecified atom stereocenters. The van der Waals surface area contributed by atoms with Crippen molar-refractivity contribution in [3.63, 3.8) is 0 Å². The predicted octanol–water partition coefficient (Wildman–Crippen LogP) is 1.80. The third-order valence-corrected chi connectivity index (χ3v) is 2.81. The minimum absolute atomic E-state index is 0.0198. The van der Waals surface area contributed by atoms with E-state index in [0.29, 0.717) is 11.7 Å². The molecule has 14 heavy (non-hydrogen) atoms. The van der Waals surface area contributed by atoms with Gasteiger partial charge in [-0.25, -0.2) is 0 Å². The number of rotatable bonds is 6. The minimum atomic E-state index is -0.197. The Morgan fingerprint density at radius 2 is 1.93 bits per heavy atom. The van der Waals surface area contributed by atoms with Crippen LogP contribution in [0.2, 0.25) is 0 Å². The second kappa shape index (κ2) is 7.12. The van der Waals surface area contributed by atoms with Crippen molar-refractivity contribution in [2.45, 2.75) is 51.5 Å². The Balaban J connectivity index is 3.60. The fraction of sp³-hybridized carbons (Fsp3) is 0.900. The van der Waals surface area contributed by atoms with E-state index in [-0.39, 0.29) is 18.1 Å². The molecule has 0 bridgehead atoms. The first-order valence-corrected chi connectivity index (χ1v) is 6.03. The molecule has 0 aromatic carbocycles. The number of thioether (sulfide) groups is 1. The van der Waals surface area contributed by atoms with Crippen molar-refractivity contribution >= 4 is 17.7 Å². The lowest BCUT2D eigenvalue weighted by Gasteiger charge is -2.14. The summed E-state index contributed by atoms with van der Waals surface area (Å²) in [5.41, 5.74) is 5.49. The molecule has 0 aromatic rings. The smallest absolute Gasteiger partial charge is 0.307 e. The molecule has 0 aliphatic rings. The van der Waals surface area contributed by atoms with Gasteiger partial charge in [-0.1, -0.05) is 13.8 Å². The lowest BCUT2D eigenvalue weighted by atomic mass is 10.2. The third-order valence-electron chi connectivity index (χ3n) is 1.49. The monoisotopic (exact) mass is 219 g/mol. The fourth-order valence-corrected chi connectivity index (χ4v) is 1.62. The number of hydrogen-bond donors (Lipinski definition) is 1. The Labute approximate surface area is 90.8 Å². The number of carbonyl (C=O) groups excluding carboxylic acids is 1. The lowest BCUT2D eigenvalue weighted by molar-refractivity contribution is -0.147. The molecule has 0 spiro atoms. The zero-order valence-electron chi connectivity index (χ0n) is 9.45. The molecule has 0 heterocycles. The summed E-state index contributed by atoms with van der Waals surface area (Å²) in [7, 11) is 0. The van der Waals surface area contributed by atoms with E-state index in [1.807, 2.05) is 6.92 Å². The second-order valence-electron chi connectivity index (χ2n) is 3.86. The molecule has 0 saturated carbocycles. The van der Waals surface area contributed by atoms with Gasteiger partial charge in [-0.15, -0.1) is 0 Å². The molecule has 0 aliphatic heterocycles. The maximum absolute atomic E-state index is 11.2. The highest BCUT2D eigenvalue weighted by Crippen LogP contribution is 2.12. The van der Waals surface area contributed by atoms with Crippen molar-refractivity contribution in [1.82, 2.24) is 0 Å². The average molecular weight is 219 g/mol. The molecule has 84 valence electrons. The molecule has 3 nitrogen and oxygen atoms in total. The van der Waals surface area contributed by atoms with Crippen molar-refractivity contribution in [2.75, 3.05) is 5.75 Å². The van der Waals surface area contributed by atoms with Crippen LogP contribution in [0.1, 0.15) is 34.1 Å². The van der Waals surface area contributed by atoms with E-state index in [0.717, 1.165) is 5.75 Å². The van der Waals surface area contributed by atoms with Gasteiger partial charge in [0.15, 0.2) is 0 Å². The van der Waals surface area contributed by atoms with Gasteiger partial charge in [0.25, 0.3) is 0 Å². The van der Waals surface area contributed by atoms with Gasteiger partial charge in [-0.2, -0.15) is 11.8 Å². The Morgan fingerprint density at radius 1 is 1.36 bits per heavy atom. The van der Waals surface area contributed by atoms with Crippen LogP contribution in [-0.2, 0) is 9.53 Å². The number of hydrogen-bond acceptors (Lipinski definition) is 4. The molecule has 0 saturated heterocycles. The Hall–Kier alpha value is -0.220. The number of carbonyl (C=O) groups is 1. The SMILES string of the molecule is CC(N)CC(=O)OC(C)CSC(C)C. The van der Waals surface area contributed by atoms with Crippen LogP contribution < -0.4 is 5.73 Å². The summed E-state index contributed by atoms with van der Waals surface area (Å²) in [6.45, 7) is 7.96. The van der Waals surface area contributed by atoms with Gasteiger partial charge >= 0.3 is 5.97 Å². The highest BCUT2D eigenvalue weighted by atomic mass is 32.2. The predicted molar refractivity (Wildman–Crippen MR) is 61.4 cm³/mol. The summed E-state index contributed by atoms with van der Waals surface area (Å²) in [6.07, 6.45) is 0.282. The van der Waals surface area contributed by atoms with Gasteiger partial charge in [-0.3, -0.25) is 4.79 Å². The van der Waals surface area contributed by atoms with Crippen LogP contribution in [-0.4, -0.2) is 29.1 Å². The summed E-state index contributed by atoms with van der Waals surface area (Å²) in [5.74, 6) is 0.652. The molecule has 0 aliphatic carbocycles. The molecule has 0 radical (unpaired) electrons. The van der Waals surface area contributed by atoms with Crippen LogP contribution in [0.4, 0.5) is 0 Å². The van der Waals surface area contributed by atoms with E-state index in [1.54, 1.807) is 18.7 Å². The molecule has 2 atom stereocenters. The highest BCUT2D eigenvalue weighted by molar-refractivity contribution is 7.99. The van der Waals surface area contributed by atoms with Crippen LogP contribution >= 0.6 is 11.8 Å². The zero-order valence-corrected chi connectivity index (χ0v) is 10.3. The van der Waals surface area contributed by atoms with E-state index >= 15 is 0 Å². The Kier molecular flexibility index (Phi) is 7.01. The molecule has 2 N–H and O–H groups in total. The average Bonchev–Trinajstić information content (AvgIpc) is 1.98. The van der Waals surface area contributed by atoms with E-state index in [4.69, 9.17) is 10.5 Å². The maximum atomic E-state index is 11.2. The van der Waals surface area contributed by atoms with Crippen molar-refractivity contribution in [1.29, 1.82) is 0 Å². The van der Waals surface area contributed by atoms with Crippen LogP contribution in [0, 0.1) is 0 Å². The Morgan fingerprint density at radius 3 is 2.36 bits per heavy atom. The number of esters is 1. The van der Waals surface area contributed by atoms with Crippen molar-refractivity contribution in [3.05, 3.63) is 0 Å². The molecular weight excluding hydrogens is 198 g/mol. The highest BCUT2D eigenvalue weighted by Gasteiger charge is 2.11. The first-order valence-electron chi connectivity index (χ1n) is 4.98. The van der Waals surface area contributed by atoms with Crippen LogP contribution in [0.3, 0.4) is 0 Å². The maximum Gasteiger partial charge on any atom is 0.307 e. The molecular formula is C10H21NO2S. The lowest BCUT2D eigenvalue weighted by Crippen LogP contribution is -2.25. The number of ether oxygens (including phenoxy) is 1. The van der Waals surface area contributed by atoms with Crippen LogP contribution in [0.5, 0.6) is 0 Å². The van der Waals surface area contributed by atoms with Gasteiger partial charge in [0, 0.05) is 11.8 Å². The van der Waals surface area contributed by atoms with E-state index in [9.17, 15) is 4.79 Å². The van der Waals surface area contributed by atoms with Crippen LogP contribution in [0.25, 0.3) is 0 Å². The minimum Gasteiger partial charge on any atom is -0.462 e. The largest absolute Gasteiger partial charge is 0.462 e. The normalized spacial score (nSPS) is 15.3. The van der Waals surface area contributed by atoms with Gasteiger partial charge < -0.3 is 10.5 Å². The summed E-state index contributed by atoms with van der Waals surface area (Å²) in [4.78, 5) is 11.2. The van der Waals surface area contributed by atoms with Crippen molar-refractivity contribution in [2.24, 2.45) is 5.73 Å². The topological polar surface area (TPSA) is 52.3 Å².